The summed E-state index contributed by atoms with van der Waals surface area (Å²) in [6, 6.07) is 12.5. The van der Waals surface area contributed by atoms with Gasteiger partial charge >= 0.3 is 0 Å². The van der Waals surface area contributed by atoms with Crippen molar-refractivity contribution in [1.29, 1.82) is 0 Å². The SMILES string of the molecule is C=CCn1c(=O)c2cnc(Nc3ccc4c(c3)C(C)NCC4)nc2n1-c1cccc(C(C)(C)C)n1. The second-order valence-electron chi connectivity index (χ2n) is 10.0. The summed E-state index contributed by atoms with van der Waals surface area (Å²) in [5.41, 5.74) is 4.66. The molecule has 0 bridgehead atoms. The molecule has 35 heavy (non-hydrogen) atoms. The zero-order chi connectivity index (χ0) is 24.7. The van der Waals surface area contributed by atoms with Crippen molar-refractivity contribution in [1.82, 2.24) is 29.6 Å². The molecule has 4 aromatic rings. The predicted octanol–water partition coefficient (Wildman–Crippen LogP) is 4.41. The summed E-state index contributed by atoms with van der Waals surface area (Å²) in [5.74, 6) is 1.05. The summed E-state index contributed by atoms with van der Waals surface area (Å²) >= 11 is 0. The van der Waals surface area contributed by atoms with E-state index < -0.39 is 0 Å². The average Bonchev–Trinajstić information content (AvgIpc) is 3.10. The molecule has 3 aromatic heterocycles. The molecule has 8 nitrogen and oxygen atoms in total. The summed E-state index contributed by atoms with van der Waals surface area (Å²) < 4.78 is 3.36. The molecule has 1 aliphatic heterocycles. The predicted molar refractivity (Wildman–Crippen MR) is 140 cm³/mol. The van der Waals surface area contributed by atoms with E-state index in [0.29, 0.717) is 35.4 Å². The highest BCUT2D eigenvalue weighted by molar-refractivity contribution is 5.77. The Morgan fingerprint density at radius 1 is 1.23 bits per heavy atom. The Bertz CT molecular complexity index is 1480. The number of hydrogen-bond acceptors (Lipinski definition) is 6. The molecule has 0 amide bonds. The van der Waals surface area contributed by atoms with E-state index in [1.807, 2.05) is 18.2 Å². The normalized spacial score (nSPS) is 15.7. The minimum absolute atomic E-state index is 0.136. The molecule has 0 saturated heterocycles. The van der Waals surface area contributed by atoms with Crippen LogP contribution < -0.4 is 16.2 Å². The molecule has 0 radical (unpaired) electrons. The van der Waals surface area contributed by atoms with Crippen LogP contribution >= 0.6 is 0 Å². The third-order valence-electron chi connectivity index (χ3n) is 6.41. The fraction of sp³-hybridized carbons (Fsp3) is 0.333. The van der Waals surface area contributed by atoms with Crippen molar-refractivity contribution < 1.29 is 0 Å². The molecule has 1 aliphatic rings. The van der Waals surface area contributed by atoms with Crippen LogP contribution in [-0.2, 0) is 18.4 Å². The van der Waals surface area contributed by atoms with Gasteiger partial charge in [-0.3, -0.25) is 4.79 Å². The van der Waals surface area contributed by atoms with E-state index in [9.17, 15) is 4.79 Å². The smallest absolute Gasteiger partial charge is 0.278 e. The Morgan fingerprint density at radius 2 is 2.06 bits per heavy atom. The number of anilines is 2. The van der Waals surface area contributed by atoms with Gasteiger partial charge in [0.2, 0.25) is 5.95 Å². The first-order valence-corrected chi connectivity index (χ1v) is 12.0. The standard InChI is InChI=1S/C27H31N7O/c1-6-14-33-25(35)21-16-29-26(30-19-11-10-18-12-13-28-17(2)20(18)15-19)32-24(21)34(33)23-9-7-8-22(31-23)27(3,4)5/h6-11,15-17,28H,1,12-14H2,2-5H3,(H,29,30,32). The lowest BCUT2D eigenvalue weighted by atomic mass is 9.92. The van der Waals surface area contributed by atoms with Gasteiger partial charge in [-0.1, -0.05) is 39.0 Å². The number of benzene rings is 1. The van der Waals surface area contributed by atoms with Gasteiger partial charge in [0.15, 0.2) is 11.5 Å². The first-order chi connectivity index (χ1) is 16.8. The van der Waals surface area contributed by atoms with Crippen LogP contribution in [-0.4, -0.2) is 30.9 Å². The Hall–Kier alpha value is -3.78. The minimum Gasteiger partial charge on any atom is -0.324 e. The van der Waals surface area contributed by atoms with Crippen LogP contribution in [0.1, 0.15) is 50.6 Å². The molecule has 0 spiro atoms. The highest BCUT2D eigenvalue weighted by Crippen LogP contribution is 2.27. The van der Waals surface area contributed by atoms with E-state index >= 15 is 0 Å². The molecule has 0 saturated carbocycles. The van der Waals surface area contributed by atoms with E-state index in [1.165, 1.54) is 11.1 Å². The monoisotopic (exact) mass is 469 g/mol. The lowest BCUT2D eigenvalue weighted by Crippen LogP contribution is -2.27. The maximum atomic E-state index is 13.2. The number of fused-ring (bicyclic) bond motifs is 2. The summed E-state index contributed by atoms with van der Waals surface area (Å²) in [7, 11) is 0. The van der Waals surface area contributed by atoms with E-state index in [1.54, 1.807) is 21.6 Å². The fourth-order valence-electron chi connectivity index (χ4n) is 4.53. The number of allylic oxidation sites excluding steroid dienone is 1. The number of aromatic nitrogens is 5. The number of nitrogens with zero attached hydrogens (tertiary/aromatic N) is 5. The number of rotatable bonds is 5. The minimum atomic E-state index is -0.178. The first-order valence-electron chi connectivity index (χ1n) is 12.0. The van der Waals surface area contributed by atoms with E-state index in [-0.39, 0.29) is 11.0 Å². The van der Waals surface area contributed by atoms with E-state index in [0.717, 1.165) is 24.3 Å². The molecule has 1 aromatic carbocycles. The number of hydrogen-bond donors (Lipinski definition) is 2. The van der Waals surface area contributed by atoms with Crippen molar-refractivity contribution in [2.45, 2.75) is 52.1 Å². The van der Waals surface area contributed by atoms with Crippen molar-refractivity contribution in [3.05, 3.63) is 82.4 Å². The van der Waals surface area contributed by atoms with Crippen molar-refractivity contribution >= 4 is 22.7 Å². The molecule has 180 valence electrons. The maximum Gasteiger partial charge on any atom is 0.278 e. The third kappa shape index (κ3) is 4.25. The fourth-order valence-corrected chi connectivity index (χ4v) is 4.53. The maximum absolute atomic E-state index is 13.2. The highest BCUT2D eigenvalue weighted by atomic mass is 16.1. The molecule has 8 heteroatoms. The third-order valence-corrected chi connectivity index (χ3v) is 6.41. The Balaban J connectivity index is 1.62. The van der Waals surface area contributed by atoms with Crippen molar-refractivity contribution in [2.24, 2.45) is 0 Å². The van der Waals surface area contributed by atoms with Crippen LogP contribution in [0.15, 0.2) is 60.0 Å². The van der Waals surface area contributed by atoms with E-state index in [4.69, 9.17) is 9.97 Å². The molecule has 0 fully saturated rings. The van der Waals surface area contributed by atoms with E-state index in [2.05, 4.69) is 68.1 Å². The molecule has 4 heterocycles. The average molecular weight is 470 g/mol. The van der Waals surface area contributed by atoms with Gasteiger partial charge in [-0.2, -0.15) is 4.98 Å². The molecular weight excluding hydrogens is 438 g/mol. The molecule has 1 atom stereocenters. The van der Waals surface area contributed by atoms with Crippen molar-refractivity contribution in [2.75, 3.05) is 11.9 Å². The van der Waals surface area contributed by atoms with Gasteiger partial charge in [0.05, 0.1) is 6.54 Å². The molecule has 2 N–H and O–H groups in total. The van der Waals surface area contributed by atoms with Gasteiger partial charge in [-0.25, -0.2) is 19.3 Å². The van der Waals surface area contributed by atoms with Gasteiger partial charge in [0.25, 0.3) is 5.56 Å². The quantitative estimate of drug-likeness (QED) is 0.421. The Kier molecular flexibility index (Phi) is 5.76. The zero-order valence-corrected chi connectivity index (χ0v) is 20.7. The number of pyridine rings is 1. The van der Waals surface area contributed by atoms with Gasteiger partial charge in [-0.05, 0) is 55.3 Å². The topological polar surface area (TPSA) is 89.7 Å². The highest BCUT2D eigenvalue weighted by Gasteiger charge is 2.21. The van der Waals surface area contributed by atoms with Crippen LogP contribution in [0, 0.1) is 0 Å². The summed E-state index contributed by atoms with van der Waals surface area (Å²) in [6.45, 7) is 13.7. The summed E-state index contributed by atoms with van der Waals surface area (Å²) in [6.07, 6.45) is 4.30. The van der Waals surface area contributed by atoms with Gasteiger partial charge in [0, 0.05) is 29.0 Å². The first kappa shape index (κ1) is 23.0. The van der Waals surface area contributed by atoms with Crippen molar-refractivity contribution in [3.63, 3.8) is 0 Å². The second-order valence-corrected chi connectivity index (χ2v) is 10.0. The summed E-state index contributed by atoms with van der Waals surface area (Å²) in [5, 5.41) is 7.26. The summed E-state index contributed by atoms with van der Waals surface area (Å²) in [4.78, 5) is 27.3. The molecule has 5 rings (SSSR count). The lowest BCUT2D eigenvalue weighted by Gasteiger charge is -2.24. The Morgan fingerprint density at radius 3 is 2.83 bits per heavy atom. The van der Waals surface area contributed by atoms with Crippen LogP contribution in [0.2, 0.25) is 0 Å². The molecular formula is C27H31N7O. The number of nitrogens with one attached hydrogen (secondary N) is 2. The van der Waals surface area contributed by atoms with Crippen LogP contribution in [0.5, 0.6) is 0 Å². The largest absolute Gasteiger partial charge is 0.324 e. The van der Waals surface area contributed by atoms with Crippen LogP contribution in [0.25, 0.3) is 16.9 Å². The molecule has 1 unspecified atom stereocenters. The Labute approximate surface area is 204 Å². The second kappa shape index (κ2) is 8.78. The van der Waals surface area contributed by atoms with Crippen LogP contribution in [0.3, 0.4) is 0 Å². The van der Waals surface area contributed by atoms with Gasteiger partial charge in [0.1, 0.15) is 5.39 Å². The molecule has 0 aliphatic carbocycles. The van der Waals surface area contributed by atoms with Crippen LogP contribution in [0.4, 0.5) is 11.6 Å². The van der Waals surface area contributed by atoms with Crippen molar-refractivity contribution in [3.8, 4) is 5.82 Å². The van der Waals surface area contributed by atoms with Gasteiger partial charge in [-0.15, -0.1) is 6.58 Å². The zero-order valence-electron chi connectivity index (χ0n) is 20.7. The van der Waals surface area contributed by atoms with Gasteiger partial charge < -0.3 is 10.6 Å². The lowest BCUT2D eigenvalue weighted by molar-refractivity contribution is 0.541.